The zero-order valence-corrected chi connectivity index (χ0v) is 11.3. The summed E-state index contributed by atoms with van der Waals surface area (Å²) in [4.78, 5) is 25.6. The van der Waals surface area contributed by atoms with Crippen molar-refractivity contribution in [1.29, 1.82) is 0 Å². The number of methoxy groups -OCH3 is 1. The van der Waals surface area contributed by atoms with Gasteiger partial charge in [0.15, 0.2) is 0 Å². The Morgan fingerprint density at radius 2 is 2.25 bits per heavy atom. The minimum absolute atomic E-state index is 0.162. The van der Waals surface area contributed by atoms with Crippen molar-refractivity contribution in [3.8, 4) is 5.88 Å². The van der Waals surface area contributed by atoms with Crippen molar-refractivity contribution in [2.45, 2.75) is 6.54 Å². The van der Waals surface area contributed by atoms with Crippen molar-refractivity contribution in [2.24, 2.45) is 0 Å². The summed E-state index contributed by atoms with van der Waals surface area (Å²) in [7, 11) is 3.21. The highest BCUT2D eigenvalue weighted by molar-refractivity contribution is 5.97. The third kappa shape index (κ3) is 3.00. The van der Waals surface area contributed by atoms with Crippen LogP contribution < -0.4 is 10.5 Å². The lowest BCUT2D eigenvalue weighted by Gasteiger charge is -2.17. The van der Waals surface area contributed by atoms with Crippen LogP contribution in [0.15, 0.2) is 30.7 Å². The summed E-state index contributed by atoms with van der Waals surface area (Å²) in [5.41, 5.74) is 6.66. The number of carbonyl (C=O) groups excluding carboxylic acids is 1. The lowest BCUT2D eigenvalue weighted by Crippen LogP contribution is -2.27. The van der Waals surface area contributed by atoms with Crippen LogP contribution in [-0.2, 0) is 6.54 Å². The molecule has 1 amide bonds. The van der Waals surface area contributed by atoms with Gasteiger partial charge in [-0.2, -0.15) is 0 Å². The molecule has 0 atom stereocenters. The zero-order valence-electron chi connectivity index (χ0n) is 11.3. The number of hydrogen-bond donors (Lipinski definition) is 1. The third-order valence-electron chi connectivity index (χ3n) is 2.71. The molecule has 0 bridgehead atoms. The molecule has 104 valence electrons. The number of nitrogen functional groups attached to an aromatic ring is 1. The van der Waals surface area contributed by atoms with Gasteiger partial charge in [-0.1, -0.05) is 6.07 Å². The summed E-state index contributed by atoms with van der Waals surface area (Å²) in [6.07, 6.45) is 2.70. The normalized spacial score (nSPS) is 10.1. The van der Waals surface area contributed by atoms with Gasteiger partial charge in [0.25, 0.3) is 5.91 Å². The van der Waals surface area contributed by atoms with Crippen molar-refractivity contribution in [3.63, 3.8) is 0 Å². The van der Waals surface area contributed by atoms with Gasteiger partial charge in [-0.3, -0.25) is 4.79 Å². The van der Waals surface area contributed by atoms with Gasteiger partial charge >= 0.3 is 0 Å². The largest absolute Gasteiger partial charge is 0.481 e. The molecule has 2 N–H and O–H groups in total. The lowest BCUT2D eigenvalue weighted by molar-refractivity contribution is 0.0783. The maximum Gasteiger partial charge on any atom is 0.259 e. The van der Waals surface area contributed by atoms with E-state index in [1.54, 1.807) is 20.2 Å². The molecule has 20 heavy (non-hydrogen) atoms. The Balaban J connectivity index is 2.13. The molecule has 0 aliphatic carbocycles. The van der Waals surface area contributed by atoms with Crippen LogP contribution in [0.1, 0.15) is 16.1 Å². The lowest BCUT2D eigenvalue weighted by atomic mass is 10.2. The second-order valence-corrected chi connectivity index (χ2v) is 4.15. The van der Waals surface area contributed by atoms with E-state index in [1.165, 1.54) is 17.4 Å². The van der Waals surface area contributed by atoms with Gasteiger partial charge in [0.2, 0.25) is 5.88 Å². The molecule has 2 rings (SSSR count). The van der Waals surface area contributed by atoms with Gasteiger partial charge in [-0.25, -0.2) is 15.0 Å². The van der Waals surface area contributed by atoms with E-state index in [-0.39, 0.29) is 17.3 Å². The van der Waals surface area contributed by atoms with Crippen LogP contribution in [0.3, 0.4) is 0 Å². The standard InChI is InChI=1S/C13H15N5O2/c1-18(7-9-4-3-5-11(17-9)20-2)13(19)10-6-15-8-16-12(10)14/h3-6,8H,7H2,1-2H3,(H2,14,15,16). The summed E-state index contributed by atoms with van der Waals surface area (Å²) in [5, 5.41) is 0. The van der Waals surface area contributed by atoms with Crippen molar-refractivity contribution in [1.82, 2.24) is 19.9 Å². The first-order valence-electron chi connectivity index (χ1n) is 5.92. The molecule has 0 radical (unpaired) electrons. The molecule has 0 fully saturated rings. The Kier molecular flexibility index (Phi) is 4.09. The Labute approximate surface area is 116 Å². The van der Waals surface area contributed by atoms with E-state index in [2.05, 4.69) is 15.0 Å². The first kappa shape index (κ1) is 13.7. The second-order valence-electron chi connectivity index (χ2n) is 4.15. The monoisotopic (exact) mass is 273 g/mol. The summed E-state index contributed by atoms with van der Waals surface area (Å²) >= 11 is 0. The minimum atomic E-state index is -0.257. The van der Waals surface area contributed by atoms with Gasteiger partial charge < -0.3 is 15.4 Å². The molecule has 2 aromatic rings. The van der Waals surface area contributed by atoms with Gasteiger partial charge in [-0.05, 0) is 6.07 Å². The molecule has 7 heteroatoms. The van der Waals surface area contributed by atoms with E-state index < -0.39 is 0 Å². The fourth-order valence-electron chi connectivity index (χ4n) is 1.68. The predicted octanol–water partition coefficient (Wildman–Crippen LogP) is 0.735. The van der Waals surface area contributed by atoms with Crippen molar-refractivity contribution < 1.29 is 9.53 Å². The molecule has 0 aliphatic rings. The number of pyridine rings is 1. The molecule has 0 unspecified atom stereocenters. The zero-order chi connectivity index (χ0) is 14.5. The molecule has 0 spiro atoms. The van der Waals surface area contributed by atoms with E-state index in [0.29, 0.717) is 12.4 Å². The van der Waals surface area contributed by atoms with E-state index in [1.807, 2.05) is 12.1 Å². The van der Waals surface area contributed by atoms with Crippen molar-refractivity contribution >= 4 is 11.7 Å². The van der Waals surface area contributed by atoms with Crippen LogP contribution in [0.25, 0.3) is 0 Å². The Morgan fingerprint density at radius 1 is 1.45 bits per heavy atom. The third-order valence-corrected chi connectivity index (χ3v) is 2.71. The molecule has 0 saturated carbocycles. The van der Waals surface area contributed by atoms with Crippen molar-refractivity contribution in [3.05, 3.63) is 42.0 Å². The van der Waals surface area contributed by atoms with Gasteiger partial charge in [0.1, 0.15) is 12.1 Å². The van der Waals surface area contributed by atoms with Crippen LogP contribution in [0, 0.1) is 0 Å². The summed E-state index contributed by atoms with van der Waals surface area (Å²) < 4.78 is 5.05. The quantitative estimate of drug-likeness (QED) is 0.882. The predicted molar refractivity (Wildman–Crippen MR) is 73.0 cm³/mol. The molecular formula is C13H15N5O2. The molecular weight excluding hydrogens is 258 g/mol. The van der Waals surface area contributed by atoms with Crippen LogP contribution in [-0.4, -0.2) is 39.9 Å². The fourth-order valence-corrected chi connectivity index (χ4v) is 1.68. The molecule has 0 aromatic carbocycles. The van der Waals surface area contributed by atoms with Gasteiger partial charge in [0.05, 0.1) is 24.9 Å². The SMILES string of the molecule is COc1cccc(CN(C)C(=O)c2cncnc2N)n1. The molecule has 0 saturated heterocycles. The van der Waals surface area contributed by atoms with E-state index >= 15 is 0 Å². The van der Waals surface area contributed by atoms with E-state index in [4.69, 9.17) is 10.5 Å². The van der Waals surface area contributed by atoms with Crippen LogP contribution in [0.5, 0.6) is 5.88 Å². The molecule has 0 aliphatic heterocycles. The van der Waals surface area contributed by atoms with E-state index in [9.17, 15) is 4.79 Å². The number of nitrogens with two attached hydrogens (primary N) is 1. The Bertz CT molecular complexity index is 617. The summed E-state index contributed by atoms with van der Waals surface area (Å²) in [5.74, 6) is 0.411. The number of rotatable bonds is 4. The van der Waals surface area contributed by atoms with Crippen molar-refractivity contribution in [2.75, 3.05) is 19.9 Å². The number of nitrogens with zero attached hydrogens (tertiary/aromatic N) is 4. The molecule has 2 aromatic heterocycles. The maximum absolute atomic E-state index is 12.2. The maximum atomic E-state index is 12.2. The number of aromatic nitrogens is 3. The van der Waals surface area contributed by atoms with E-state index in [0.717, 1.165) is 5.69 Å². The highest BCUT2D eigenvalue weighted by Gasteiger charge is 2.16. The highest BCUT2D eigenvalue weighted by atomic mass is 16.5. The molecule has 2 heterocycles. The highest BCUT2D eigenvalue weighted by Crippen LogP contribution is 2.12. The fraction of sp³-hybridized carbons (Fsp3) is 0.231. The van der Waals surface area contributed by atoms with Gasteiger partial charge in [0, 0.05) is 19.3 Å². The minimum Gasteiger partial charge on any atom is -0.481 e. The first-order chi connectivity index (χ1) is 9.61. The summed E-state index contributed by atoms with van der Waals surface area (Å²) in [6.45, 7) is 0.338. The van der Waals surface area contributed by atoms with Crippen LogP contribution >= 0.6 is 0 Å². The summed E-state index contributed by atoms with van der Waals surface area (Å²) in [6, 6.07) is 5.38. The Hall–Kier alpha value is -2.70. The smallest absolute Gasteiger partial charge is 0.259 e. The first-order valence-corrected chi connectivity index (χ1v) is 5.92. The van der Waals surface area contributed by atoms with Gasteiger partial charge in [-0.15, -0.1) is 0 Å². The number of hydrogen-bond acceptors (Lipinski definition) is 6. The van der Waals surface area contributed by atoms with Crippen LogP contribution in [0.4, 0.5) is 5.82 Å². The number of amides is 1. The number of ether oxygens (including phenoxy) is 1. The average molecular weight is 273 g/mol. The number of carbonyl (C=O) groups is 1. The Morgan fingerprint density at radius 3 is 2.95 bits per heavy atom. The molecule has 7 nitrogen and oxygen atoms in total. The van der Waals surface area contributed by atoms with Crippen LogP contribution in [0.2, 0.25) is 0 Å². The topological polar surface area (TPSA) is 94.2 Å². The average Bonchev–Trinajstić information content (AvgIpc) is 2.47. The number of anilines is 1. The second kappa shape index (κ2) is 5.96.